The van der Waals surface area contributed by atoms with Crippen LogP contribution < -0.4 is 10.2 Å². The molecule has 0 aromatic heterocycles. The molecule has 0 bridgehead atoms. The van der Waals surface area contributed by atoms with Crippen LogP contribution in [0.4, 0.5) is 5.69 Å². The second kappa shape index (κ2) is 5.45. The Morgan fingerprint density at radius 1 is 1.25 bits per heavy atom. The molecule has 0 saturated heterocycles. The van der Waals surface area contributed by atoms with Gasteiger partial charge in [0.2, 0.25) is 5.91 Å². The molecule has 0 aliphatic carbocycles. The maximum Gasteiger partial charge on any atom is 0.299 e. The third-order valence-electron chi connectivity index (χ3n) is 3.35. The second-order valence-corrected chi connectivity index (χ2v) is 4.97. The van der Waals surface area contributed by atoms with E-state index in [4.69, 9.17) is 0 Å². The van der Waals surface area contributed by atoms with Crippen molar-refractivity contribution in [2.24, 2.45) is 0 Å². The molecule has 0 unspecified atom stereocenters. The van der Waals surface area contributed by atoms with E-state index in [2.05, 4.69) is 5.32 Å². The summed E-state index contributed by atoms with van der Waals surface area (Å²) in [6.07, 6.45) is 0.194. The molecular formula is C15H18N2O3. The van der Waals surface area contributed by atoms with E-state index >= 15 is 0 Å². The van der Waals surface area contributed by atoms with Gasteiger partial charge in [-0.2, -0.15) is 0 Å². The molecule has 0 saturated carbocycles. The molecule has 1 aliphatic rings. The Hall–Kier alpha value is -2.17. The standard InChI is InChI=1S/C15H18N2O3/c1-4-16-12(18)5-6-17-11-8-9(2)7-10(3)13(11)14(19)15(17)20/h7-8H,4-6H2,1-3H3,(H,16,18). The zero-order valence-corrected chi connectivity index (χ0v) is 11.9. The topological polar surface area (TPSA) is 66.5 Å². The van der Waals surface area contributed by atoms with Crippen LogP contribution >= 0.6 is 0 Å². The Morgan fingerprint density at radius 3 is 2.60 bits per heavy atom. The molecule has 1 N–H and O–H groups in total. The molecule has 5 nitrogen and oxygen atoms in total. The highest BCUT2D eigenvalue weighted by molar-refractivity contribution is 6.52. The van der Waals surface area contributed by atoms with Gasteiger partial charge in [0.15, 0.2) is 0 Å². The molecule has 1 heterocycles. The van der Waals surface area contributed by atoms with Gasteiger partial charge in [0, 0.05) is 19.5 Å². The fourth-order valence-corrected chi connectivity index (χ4v) is 2.51. The number of ketones is 1. The Balaban J connectivity index is 2.27. The van der Waals surface area contributed by atoms with Crippen LogP contribution in [0.25, 0.3) is 0 Å². The van der Waals surface area contributed by atoms with Gasteiger partial charge < -0.3 is 10.2 Å². The SMILES string of the molecule is CCNC(=O)CCN1C(=O)C(=O)c2c(C)cc(C)cc21. The minimum absolute atomic E-state index is 0.120. The smallest absolute Gasteiger partial charge is 0.299 e. The predicted octanol–water partition coefficient (Wildman–Crippen LogP) is 1.36. The summed E-state index contributed by atoms with van der Waals surface area (Å²) >= 11 is 0. The van der Waals surface area contributed by atoms with E-state index in [1.165, 1.54) is 4.90 Å². The number of benzene rings is 1. The van der Waals surface area contributed by atoms with E-state index < -0.39 is 11.7 Å². The third kappa shape index (κ3) is 2.43. The van der Waals surface area contributed by atoms with Crippen molar-refractivity contribution >= 4 is 23.3 Å². The fraction of sp³-hybridized carbons (Fsp3) is 0.400. The van der Waals surface area contributed by atoms with Crippen molar-refractivity contribution in [1.29, 1.82) is 0 Å². The number of hydrogen-bond acceptors (Lipinski definition) is 3. The van der Waals surface area contributed by atoms with E-state index in [-0.39, 0.29) is 18.9 Å². The largest absolute Gasteiger partial charge is 0.356 e. The highest BCUT2D eigenvalue weighted by Gasteiger charge is 2.37. The number of rotatable bonds is 4. The maximum atomic E-state index is 12.0. The summed E-state index contributed by atoms with van der Waals surface area (Å²) in [5, 5.41) is 2.68. The molecule has 5 heteroatoms. The lowest BCUT2D eigenvalue weighted by Crippen LogP contribution is -2.34. The van der Waals surface area contributed by atoms with Crippen molar-refractivity contribution in [3.05, 3.63) is 28.8 Å². The predicted molar refractivity (Wildman–Crippen MR) is 75.9 cm³/mol. The van der Waals surface area contributed by atoms with E-state index in [0.29, 0.717) is 17.8 Å². The van der Waals surface area contributed by atoms with Gasteiger partial charge >= 0.3 is 0 Å². The fourth-order valence-electron chi connectivity index (χ4n) is 2.51. The van der Waals surface area contributed by atoms with Crippen LogP contribution in [0, 0.1) is 13.8 Å². The van der Waals surface area contributed by atoms with E-state index in [1.54, 1.807) is 0 Å². The number of hydrogen-bond donors (Lipinski definition) is 1. The minimum atomic E-state index is -0.544. The molecule has 20 heavy (non-hydrogen) atoms. The average molecular weight is 274 g/mol. The molecule has 0 spiro atoms. The lowest BCUT2D eigenvalue weighted by atomic mass is 10.0. The van der Waals surface area contributed by atoms with Crippen LogP contribution in [0.1, 0.15) is 34.8 Å². The van der Waals surface area contributed by atoms with Gasteiger partial charge in [0.1, 0.15) is 0 Å². The van der Waals surface area contributed by atoms with Gasteiger partial charge in [-0.05, 0) is 38.0 Å². The molecule has 2 amide bonds. The van der Waals surface area contributed by atoms with E-state index in [0.717, 1.165) is 11.1 Å². The van der Waals surface area contributed by atoms with E-state index in [9.17, 15) is 14.4 Å². The molecule has 2 rings (SSSR count). The zero-order chi connectivity index (χ0) is 14.9. The first-order chi connectivity index (χ1) is 9.45. The van der Waals surface area contributed by atoms with Gasteiger partial charge in [0.25, 0.3) is 11.7 Å². The first-order valence-electron chi connectivity index (χ1n) is 6.69. The van der Waals surface area contributed by atoms with Crippen molar-refractivity contribution < 1.29 is 14.4 Å². The number of Topliss-reactive ketones (excluding diaryl/α,β-unsaturated/α-hetero) is 1. The summed E-state index contributed by atoms with van der Waals surface area (Å²) in [7, 11) is 0. The third-order valence-corrected chi connectivity index (χ3v) is 3.35. The quantitative estimate of drug-likeness (QED) is 0.843. The molecule has 106 valence electrons. The average Bonchev–Trinajstić information content (AvgIpc) is 2.60. The first kappa shape index (κ1) is 14.2. The number of nitrogens with zero attached hydrogens (tertiary/aromatic N) is 1. The van der Waals surface area contributed by atoms with Crippen LogP contribution in [-0.4, -0.2) is 30.7 Å². The number of carbonyl (C=O) groups excluding carboxylic acids is 3. The molecule has 0 atom stereocenters. The Morgan fingerprint density at radius 2 is 1.95 bits per heavy atom. The Bertz CT molecular complexity index is 593. The highest BCUT2D eigenvalue weighted by Crippen LogP contribution is 2.32. The number of aryl methyl sites for hydroxylation is 2. The normalized spacial score (nSPS) is 13.7. The van der Waals surface area contributed by atoms with Crippen molar-refractivity contribution in [3.63, 3.8) is 0 Å². The van der Waals surface area contributed by atoms with E-state index in [1.807, 2.05) is 32.9 Å². The summed E-state index contributed by atoms with van der Waals surface area (Å²) in [6, 6.07) is 3.71. The Labute approximate surface area is 118 Å². The summed E-state index contributed by atoms with van der Waals surface area (Å²) in [4.78, 5) is 37.0. The van der Waals surface area contributed by atoms with Crippen LogP contribution in [0.15, 0.2) is 12.1 Å². The molecule has 0 radical (unpaired) electrons. The molecule has 1 aliphatic heterocycles. The number of anilines is 1. The number of amides is 2. The number of fused-ring (bicyclic) bond motifs is 1. The van der Waals surface area contributed by atoms with Crippen molar-refractivity contribution in [3.8, 4) is 0 Å². The zero-order valence-electron chi connectivity index (χ0n) is 11.9. The summed E-state index contributed by atoms with van der Waals surface area (Å²) in [5.41, 5.74) is 2.89. The second-order valence-electron chi connectivity index (χ2n) is 4.97. The van der Waals surface area contributed by atoms with Crippen LogP contribution in [0.2, 0.25) is 0 Å². The number of nitrogens with one attached hydrogen (secondary N) is 1. The summed E-state index contributed by atoms with van der Waals surface area (Å²) in [6.45, 7) is 6.37. The number of carbonyl (C=O) groups is 3. The molecule has 0 fully saturated rings. The maximum absolute atomic E-state index is 12.0. The lowest BCUT2D eigenvalue weighted by Gasteiger charge is -2.17. The van der Waals surface area contributed by atoms with Crippen molar-refractivity contribution in [2.75, 3.05) is 18.0 Å². The van der Waals surface area contributed by atoms with Gasteiger partial charge in [-0.25, -0.2) is 0 Å². The van der Waals surface area contributed by atoms with Gasteiger partial charge in [-0.1, -0.05) is 6.07 Å². The van der Waals surface area contributed by atoms with Crippen LogP contribution in [-0.2, 0) is 9.59 Å². The first-order valence-corrected chi connectivity index (χ1v) is 6.69. The van der Waals surface area contributed by atoms with Crippen LogP contribution in [0.5, 0.6) is 0 Å². The Kier molecular flexibility index (Phi) is 3.88. The molecule has 1 aromatic carbocycles. The molecule has 1 aromatic rings. The highest BCUT2D eigenvalue weighted by atomic mass is 16.2. The van der Waals surface area contributed by atoms with Gasteiger partial charge in [-0.15, -0.1) is 0 Å². The summed E-state index contributed by atoms with van der Waals surface area (Å²) in [5.74, 6) is -1.14. The lowest BCUT2D eigenvalue weighted by molar-refractivity contribution is -0.120. The van der Waals surface area contributed by atoms with Crippen LogP contribution in [0.3, 0.4) is 0 Å². The molecular weight excluding hydrogens is 256 g/mol. The van der Waals surface area contributed by atoms with Crippen molar-refractivity contribution in [1.82, 2.24) is 5.32 Å². The monoisotopic (exact) mass is 274 g/mol. The van der Waals surface area contributed by atoms with Crippen molar-refractivity contribution in [2.45, 2.75) is 27.2 Å². The van der Waals surface area contributed by atoms with Gasteiger partial charge in [0.05, 0.1) is 11.3 Å². The minimum Gasteiger partial charge on any atom is -0.356 e. The van der Waals surface area contributed by atoms with Gasteiger partial charge in [-0.3, -0.25) is 14.4 Å². The summed E-state index contributed by atoms with van der Waals surface area (Å²) < 4.78 is 0.